The van der Waals surface area contributed by atoms with Gasteiger partial charge in [0.05, 0.1) is 6.10 Å². The van der Waals surface area contributed by atoms with Crippen molar-refractivity contribution in [3.8, 4) is 5.75 Å². The van der Waals surface area contributed by atoms with Crippen LogP contribution in [-0.2, 0) is 5.41 Å². The first-order chi connectivity index (χ1) is 8.34. The van der Waals surface area contributed by atoms with E-state index < -0.39 is 0 Å². The van der Waals surface area contributed by atoms with Gasteiger partial charge < -0.3 is 9.84 Å². The minimum absolute atomic E-state index is 0.0543. The van der Waals surface area contributed by atoms with E-state index in [0.717, 1.165) is 18.6 Å². The Morgan fingerprint density at radius 3 is 2.50 bits per heavy atom. The second kappa shape index (κ2) is 6.24. The lowest BCUT2D eigenvalue weighted by Crippen LogP contribution is -2.20. The molecular formula is C16H26O2. The van der Waals surface area contributed by atoms with Crippen LogP contribution in [0.2, 0.25) is 0 Å². The zero-order valence-corrected chi connectivity index (χ0v) is 12.3. The van der Waals surface area contributed by atoms with Crippen LogP contribution in [0.5, 0.6) is 5.75 Å². The first kappa shape index (κ1) is 15.0. The van der Waals surface area contributed by atoms with Crippen molar-refractivity contribution >= 4 is 0 Å². The molecule has 0 heterocycles. The zero-order chi connectivity index (χ0) is 13.8. The van der Waals surface area contributed by atoms with Crippen molar-refractivity contribution < 1.29 is 9.84 Å². The zero-order valence-electron chi connectivity index (χ0n) is 12.3. The summed E-state index contributed by atoms with van der Waals surface area (Å²) in [6, 6.07) is 6.28. The van der Waals surface area contributed by atoms with Crippen LogP contribution in [0.4, 0.5) is 0 Å². The lowest BCUT2D eigenvalue weighted by Gasteiger charge is -2.24. The average Bonchev–Trinajstić information content (AvgIpc) is 2.25. The van der Waals surface area contributed by atoms with E-state index >= 15 is 0 Å². The monoisotopic (exact) mass is 250 g/mol. The molecule has 0 aromatic heterocycles. The molecule has 1 atom stereocenters. The maximum atomic E-state index is 9.75. The highest BCUT2D eigenvalue weighted by Gasteiger charge is 2.19. The Balaban J connectivity index is 2.83. The third-order valence-electron chi connectivity index (χ3n) is 3.00. The van der Waals surface area contributed by atoms with E-state index in [2.05, 4.69) is 52.8 Å². The van der Waals surface area contributed by atoms with E-state index in [1.807, 2.05) is 0 Å². The molecule has 2 nitrogen and oxygen atoms in total. The fourth-order valence-corrected chi connectivity index (χ4v) is 1.97. The van der Waals surface area contributed by atoms with Gasteiger partial charge in [0.15, 0.2) is 0 Å². The van der Waals surface area contributed by atoms with E-state index in [4.69, 9.17) is 4.74 Å². The average molecular weight is 250 g/mol. The summed E-state index contributed by atoms with van der Waals surface area (Å²) in [6.07, 6.45) is 1.39. The molecule has 0 aliphatic heterocycles. The fraction of sp³-hybridized carbons (Fsp3) is 0.625. The lowest BCUT2D eigenvalue weighted by molar-refractivity contribution is 0.0983. The molecule has 0 fully saturated rings. The molecular weight excluding hydrogens is 224 g/mol. The first-order valence-electron chi connectivity index (χ1n) is 6.76. The minimum atomic E-state index is -0.372. The predicted octanol–water partition coefficient (Wildman–Crippen LogP) is 3.83. The molecule has 0 spiro atoms. The topological polar surface area (TPSA) is 29.5 Å². The van der Waals surface area contributed by atoms with Gasteiger partial charge in [-0.15, -0.1) is 0 Å². The molecule has 1 aromatic carbocycles. The number of hydrogen-bond acceptors (Lipinski definition) is 2. The summed E-state index contributed by atoms with van der Waals surface area (Å²) < 4.78 is 5.81. The molecule has 0 aliphatic carbocycles. The highest BCUT2D eigenvalue weighted by atomic mass is 16.5. The summed E-state index contributed by atoms with van der Waals surface area (Å²) in [5.74, 6) is 0.901. The predicted molar refractivity (Wildman–Crippen MR) is 76.3 cm³/mol. The largest absolute Gasteiger partial charge is 0.491 e. The van der Waals surface area contributed by atoms with Gasteiger partial charge in [-0.1, -0.05) is 46.2 Å². The smallest absolute Gasteiger partial charge is 0.123 e. The molecule has 1 unspecified atom stereocenters. The van der Waals surface area contributed by atoms with Crippen molar-refractivity contribution in [2.24, 2.45) is 0 Å². The van der Waals surface area contributed by atoms with Crippen molar-refractivity contribution in [1.29, 1.82) is 0 Å². The molecule has 0 aliphatic rings. The van der Waals surface area contributed by atoms with Crippen LogP contribution in [-0.4, -0.2) is 17.8 Å². The molecule has 0 saturated carbocycles. The van der Waals surface area contributed by atoms with Crippen molar-refractivity contribution in [3.63, 3.8) is 0 Å². The van der Waals surface area contributed by atoms with Gasteiger partial charge in [0.25, 0.3) is 0 Å². The van der Waals surface area contributed by atoms with Crippen LogP contribution < -0.4 is 4.74 Å². The Morgan fingerprint density at radius 1 is 1.28 bits per heavy atom. The number of hydrogen-bond donors (Lipinski definition) is 1. The number of aliphatic hydroxyl groups is 1. The molecule has 1 N–H and O–H groups in total. The second-order valence-corrected chi connectivity index (χ2v) is 6.00. The normalized spacial score (nSPS) is 13.4. The number of ether oxygens (including phenoxy) is 1. The molecule has 102 valence electrons. The van der Waals surface area contributed by atoms with Crippen LogP contribution in [0.25, 0.3) is 0 Å². The van der Waals surface area contributed by atoms with Crippen molar-refractivity contribution in [3.05, 3.63) is 29.3 Å². The maximum absolute atomic E-state index is 9.75. The Morgan fingerprint density at radius 2 is 1.94 bits per heavy atom. The van der Waals surface area contributed by atoms with Gasteiger partial charge in [0.2, 0.25) is 0 Å². The SMILES string of the molecule is CCCC(O)COc1cc(C)ccc1C(C)(C)C. The molecule has 0 saturated heterocycles. The van der Waals surface area contributed by atoms with Gasteiger partial charge in [0.1, 0.15) is 12.4 Å². The molecule has 0 amide bonds. The summed E-state index contributed by atoms with van der Waals surface area (Å²) in [4.78, 5) is 0. The number of rotatable bonds is 5. The molecule has 0 radical (unpaired) electrons. The van der Waals surface area contributed by atoms with Crippen LogP contribution in [0.3, 0.4) is 0 Å². The number of benzene rings is 1. The van der Waals surface area contributed by atoms with Crippen molar-refractivity contribution in [1.82, 2.24) is 0 Å². The van der Waals surface area contributed by atoms with Gasteiger partial charge in [-0.2, -0.15) is 0 Å². The Kier molecular flexibility index (Phi) is 5.21. The lowest BCUT2D eigenvalue weighted by atomic mass is 9.86. The highest BCUT2D eigenvalue weighted by molar-refractivity contribution is 5.41. The van der Waals surface area contributed by atoms with E-state index in [-0.39, 0.29) is 11.5 Å². The van der Waals surface area contributed by atoms with Crippen LogP contribution >= 0.6 is 0 Å². The maximum Gasteiger partial charge on any atom is 0.123 e. The number of aryl methyl sites for hydroxylation is 1. The molecule has 18 heavy (non-hydrogen) atoms. The highest BCUT2D eigenvalue weighted by Crippen LogP contribution is 2.32. The minimum Gasteiger partial charge on any atom is -0.491 e. The summed E-state index contributed by atoms with van der Waals surface area (Å²) in [5, 5.41) is 9.75. The van der Waals surface area contributed by atoms with E-state index in [1.165, 1.54) is 11.1 Å². The van der Waals surface area contributed by atoms with Crippen molar-refractivity contribution in [2.45, 2.75) is 59.0 Å². The number of aliphatic hydroxyl groups excluding tert-OH is 1. The van der Waals surface area contributed by atoms with Crippen LogP contribution in [0.15, 0.2) is 18.2 Å². The Bertz CT molecular complexity index is 377. The van der Waals surface area contributed by atoms with Gasteiger partial charge in [-0.05, 0) is 36.0 Å². The third kappa shape index (κ3) is 4.34. The van der Waals surface area contributed by atoms with Crippen molar-refractivity contribution in [2.75, 3.05) is 6.61 Å². The van der Waals surface area contributed by atoms with Gasteiger partial charge in [0, 0.05) is 0 Å². The quantitative estimate of drug-likeness (QED) is 0.860. The first-order valence-corrected chi connectivity index (χ1v) is 6.76. The summed E-state index contributed by atoms with van der Waals surface area (Å²) in [7, 11) is 0. The summed E-state index contributed by atoms with van der Waals surface area (Å²) in [6.45, 7) is 11.0. The molecule has 1 aromatic rings. The van der Waals surface area contributed by atoms with Crippen LogP contribution in [0.1, 0.15) is 51.7 Å². The second-order valence-electron chi connectivity index (χ2n) is 6.00. The van der Waals surface area contributed by atoms with E-state index in [9.17, 15) is 5.11 Å². The molecule has 2 heteroatoms. The van der Waals surface area contributed by atoms with E-state index in [1.54, 1.807) is 0 Å². The standard InChI is InChI=1S/C16H26O2/c1-6-7-13(17)11-18-15-10-12(2)8-9-14(15)16(3,4)5/h8-10,13,17H,6-7,11H2,1-5H3. The summed E-state index contributed by atoms with van der Waals surface area (Å²) >= 11 is 0. The van der Waals surface area contributed by atoms with Gasteiger partial charge in [-0.25, -0.2) is 0 Å². The summed E-state index contributed by atoms with van der Waals surface area (Å²) in [5.41, 5.74) is 2.43. The van der Waals surface area contributed by atoms with E-state index in [0.29, 0.717) is 6.61 Å². The fourth-order valence-electron chi connectivity index (χ4n) is 1.97. The Labute approximate surface area is 111 Å². The molecule has 0 bridgehead atoms. The Hall–Kier alpha value is -1.02. The van der Waals surface area contributed by atoms with Crippen LogP contribution in [0, 0.1) is 6.92 Å². The van der Waals surface area contributed by atoms with Gasteiger partial charge >= 0.3 is 0 Å². The van der Waals surface area contributed by atoms with Gasteiger partial charge in [-0.3, -0.25) is 0 Å². The molecule has 1 rings (SSSR count). The third-order valence-corrected chi connectivity index (χ3v) is 3.00.